The molecule has 1 heterocycles. The van der Waals surface area contributed by atoms with Crippen molar-refractivity contribution >= 4 is 34.6 Å². The van der Waals surface area contributed by atoms with Crippen LogP contribution in [0.3, 0.4) is 0 Å². The van der Waals surface area contributed by atoms with Gasteiger partial charge in [0.05, 0.1) is 11.4 Å². The minimum absolute atomic E-state index is 0.111. The fraction of sp³-hybridized carbons (Fsp3) is 0.107. The van der Waals surface area contributed by atoms with Crippen molar-refractivity contribution in [1.29, 1.82) is 0 Å². The molecule has 6 rings (SSSR count). The van der Waals surface area contributed by atoms with Gasteiger partial charge in [-0.15, -0.1) is 0 Å². The molecule has 0 fully saturated rings. The van der Waals surface area contributed by atoms with Crippen LogP contribution in [0.5, 0.6) is 0 Å². The molecule has 0 amide bonds. The van der Waals surface area contributed by atoms with Crippen LogP contribution in [0.15, 0.2) is 101 Å². The Hall–Kier alpha value is -3.30. The molecule has 2 aliphatic rings. The molecule has 0 radical (unpaired) electrons. The van der Waals surface area contributed by atoms with Gasteiger partial charge in [-0.1, -0.05) is 80.2 Å². The summed E-state index contributed by atoms with van der Waals surface area (Å²) in [5, 5.41) is 0. The molecule has 0 unspecified atom stereocenters. The molecule has 3 heteroatoms. The molecule has 0 saturated heterocycles. The molecular formula is C28H21NOS. The smallest absolute Gasteiger partial charge is 0.193 e. The standard InChI is InChI=1S/C28H21NOS/c1-28(2)21-10-4-3-9-19(21)27(30)20-17-18(15-16-22(20)28)29-23-11-5-7-13-25(23)31-26-14-8-6-12-24(26)29/h3-17H,1-2H3. The van der Waals surface area contributed by atoms with Crippen molar-refractivity contribution in [2.45, 2.75) is 29.1 Å². The van der Waals surface area contributed by atoms with Crippen LogP contribution >= 0.6 is 11.8 Å². The predicted octanol–water partition coefficient (Wildman–Crippen LogP) is 7.49. The summed E-state index contributed by atoms with van der Waals surface area (Å²) in [7, 11) is 0. The molecule has 0 spiro atoms. The van der Waals surface area contributed by atoms with Gasteiger partial charge in [0.25, 0.3) is 0 Å². The molecule has 2 nitrogen and oxygen atoms in total. The SMILES string of the molecule is CC1(C)c2ccccc2C(=O)c2cc(N3c4ccccc4Sc4ccccc43)ccc21. The van der Waals surface area contributed by atoms with E-state index < -0.39 is 0 Å². The second-order valence-electron chi connectivity index (χ2n) is 8.60. The van der Waals surface area contributed by atoms with Crippen LogP contribution in [-0.2, 0) is 5.41 Å². The molecule has 0 N–H and O–H groups in total. The van der Waals surface area contributed by atoms with Gasteiger partial charge in [0.15, 0.2) is 5.78 Å². The van der Waals surface area contributed by atoms with Crippen molar-refractivity contribution in [2.24, 2.45) is 0 Å². The highest BCUT2D eigenvalue weighted by Gasteiger charge is 2.37. The van der Waals surface area contributed by atoms with Crippen molar-refractivity contribution < 1.29 is 4.79 Å². The average molecular weight is 420 g/mol. The number of carbonyl (C=O) groups is 1. The lowest BCUT2D eigenvalue weighted by Crippen LogP contribution is -2.30. The first kappa shape index (κ1) is 18.5. The molecule has 0 saturated carbocycles. The number of hydrogen-bond acceptors (Lipinski definition) is 3. The van der Waals surface area contributed by atoms with Crippen molar-refractivity contribution in [1.82, 2.24) is 0 Å². The summed E-state index contributed by atoms with van der Waals surface area (Å²) < 4.78 is 0. The summed E-state index contributed by atoms with van der Waals surface area (Å²) in [5.41, 5.74) is 6.90. The Bertz CT molecular complexity index is 1330. The molecular weight excluding hydrogens is 398 g/mol. The topological polar surface area (TPSA) is 20.3 Å². The van der Waals surface area contributed by atoms with Crippen LogP contribution in [0.4, 0.5) is 17.1 Å². The Labute approximate surface area is 186 Å². The lowest BCUT2D eigenvalue weighted by Gasteiger charge is -2.36. The summed E-state index contributed by atoms with van der Waals surface area (Å²) in [6, 6.07) is 31.3. The highest BCUT2D eigenvalue weighted by atomic mass is 32.2. The maximum atomic E-state index is 13.5. The van der Waals surface area contributed by atoms with Gasteiger partial charge in [0.2, 0.25) is 0 Å². The number of anilines is 3. The Balaban J connectivity index is 1.57. The first-order chi connectivity index (χ1) is 15.1. The van der Waals surface area contributed by atoms with Crippen LogP contribution in [-0.4, -0.2) is 5.78 Å². The van der Waals surface area contributed by atoms with E-state index in [0.29, 0.717) is 0 Å². The Kier molecular flexibility index (Phi) is 3.93. The van der Waals surface area contributed by atoms with E-state index in [4.69, 9.17) is 0 Å². The van der Waals surface area contributed by atoms with Crippen LogP contribution in [0.2, 0.25) is 0 Å². The van der Waals surface area contributed by atoms with Crippen LogP contribution < -0.4 is 4.90 Å². The second-order valence-corrected chi connectivity index (χ2v) is 9.69. The van der Waals surface area contributed by atoms with Gasteiger partial charge in [0.1, 0.15) is 0 Å². The molecule has 4 aromatic rings. The fourth-order valence-electron chi connectivity index (χ4n) is 4.90. The third-order valence-corrected chi connectivity index (χ3v) is 7.59. The minimum Gasteiger partial charge on any atom is -0.308 e. The van der Waals surface area contributed by atoms with Gasteiger partial charge < -0.3 is 4.90 Å². The summed E-state index contributed by atoms with van der Waals surface area (Å²) in [6.45, 7) is 4.41. The van der Waals surface area contributed by atoms with Crippen LogP contribution in [0.25, 0.3) is 0 Å². The van der Waals surface area contributed by atoms with Crippen molar-refractivity contribution in [3.63, 3.8) is 0 Å². The maximum absolute atomic E-state index is 13.5. The van der Waals surface area contributed by atoms with Crippen molar-refractivity contribution in [3.05, 3.63) is 113 Å². The number of ketones is 1. The molecule has 0 aromatic heterocycles. The highest BCUT2D eigenvalue weighted by molar-refractivity contribution is 7.99. The zero-order chi connectivity index (χ0) is 21.2. The maximum Gasteiger partial charge on any atom is 0.193 e. The number of rotatable bonds is 1. The third-order valence-electron chi connectivity index (χ3n) is 6.46. The predicted molar refractivity (Wildman–Crippen MR) is 127 cm³/mol. The van der Waals surface area contributed by atoms with Gasteiger partial charge in [-0.05, 0) is 47.5 Å². The van der Waals surface area contributed by atoms with E-state index >= 15 is 0 Å². The van der Waals surface area contributed by atoms with E-state index in [9.17, 15) is 4.79 Å². The van der Waals surface area contributed by atoms with E-state index in [-0.39, 0.29) is 11.2 Å². The van der Waals surface area contributed by atoms with Crippen LogP contribution in [0, 0.1) is 0 Å². The molecule has 150 valence electrons. The number of hydrogen-bond donors (Lipinski definition) is 0. The molecule has 0 bridgehead atoms. The molecule has 1 aliphatic carbocycles. The normalized spacial score (nSPS) is 15.5. The quantitative estimate of drug-likeness (QED) is 0.281. The van der Waals surface area contributed by atoms with Gasteiger partial charge in [-0.25, -0.2) is 0 Å². The molecule has 0 atom stereocenters. The third kappa shape index (κ3) is 2.63. The number of carbonyl (C=O) groups excluding carboxylic acids is 1. The monoisotopic (exact) mass is 419 g/mol. The second kappa shape index (κ2) is 6.60. The Morgan fingerprint density at radius 1 is 0.677 bits per heavy atom. The van der Waals surface area contributed by atoms with Gasteiger partial charge >= 0.3 is 0 Å². The summed E-state index contributed by atoms with van der Waals surface area (Å²) in [6.07, 6.45) is 0. The summed E-state index contributed by atoms with van der Waals surface area (Å²) in [5.74, 6) is 0.111. The minimum atomic E-state index is -0.216. The lowest BCUT2D eigenvalue weighted by atomic mass is 9.68. The molecule has 1 aliphatic heterocycles. The average Bonchev–Trinajstić information content (AvgIpc) is 2.81. The molecule has 31 heavy (non-hydrogen) atoms. The number of nitrogens with zero attached hydrogens (tertiary/aromatic N) is 1. The Morgan fingerprint density at radius 3 is 1.97 bits per heavy atom. The summed E-state index contributed by atoms with van der Waals surface area (Å²) in [4.78, 5) is 18.2. The lowest BCUT2D eigenvalue weighted by molar-refractivity contribution is 0.103. The molecule has 4 aromatic carbocycles. The van der Waals surface area contributed by atoms with Crippen molar-refractivity contribution in [2.75, 3.05) is 4.90 Å². The van der Waals surface area contributed by atoms with E-state index in [1.165, 1.54) is 9.79 Å². The number of fused-ring (bicyclic) bond motifs is 4. The van der Waals surface area contributed by atoms with Gasteiger partial charge in [0, 0.05) is 32.0 Å². The van der Waals surface area contributed by atoms with E-state index in [1.807, 2.05) is 18.2 Å². The van der Waals surface area contributed by atoms with E-state index in [0.717, 1.165) is 39.3 Å². The number of para-hydroxylation sites is 2. The zero-order valence-corrected chi connectivity index (χ0v) is 18.2. The van der Waals surface area contributed by atoms with Gasteiger partial charge in [-0.2, -0.15) is 0 Å². The first-order valence-electron chi connectivity index (χ1n) is 10.5. The van der Waals surface area contributed by atoms with Crippen molar-refractivity contribution in [3.8, 4) is 0 Å². The summed E-state index contributed by atoms with van der Waals surface area (Å²) >= 11 is 1.79. The Morgan fingerprint density at radius 2 is 1.26 bits per heavy atom. The van der Waals surface area contributed by atoms with Gasteiger partial charge in [-0.3, -0.25) is 4.79 Å². The highest BCUT2D eigenvalue weighted by Crippen LogP contribution is 2.52. The van der Waals surface area contributed by atoms with Crippen LogP contribution in [0.1, 0.15) is 40.9 Å². The largest absolute Gasteiger partial charge is 0.308 e. The first-order valence-corrected chi connectivity index (χ1v) is 11.3. The van der Waals surface area contributed by atoms with E-state index in [2.05, 4.69) is 91.5 Å². The fourth-order valence-corrected chi connectivity index (χ4v) is 5.96. The number of benzene rings is 4. The zero-order valence-electron chi connectivity index (χ0n) is 17.4. The van der Waals surface area contributed by atoms with E-state index in [1.54, 1.807) is 11.8 Å².